The molecule has 27 heavy (non-hydrogen) atoms. The standard InChI is InChI=1S/C21H14ClN3O2/c22-15-9-7-14(8-10-15)20-12-18(17-5-1-2-6-19(17)24-20)21(26)25-23-13-16-4-3-11-27-16/h1-13H,(H,25,26). The van der Waals surface area contributed by atoms with Gasteiger partial charge in [-0.2, -0.15) is 5.10 Å². The minimum absolute atomic E-state index is 0.327. The minimum atomic E-state index is -0.327. The summed E-state index contributed by atoms with van der Waals surface area (Å²) in [6.45, 7) is 0. The molecule has 0 saturated heterocycles. The van der Waals surface area contributed by atoms with Crippen LogP contribution in [0, 0.1) is 0 Å². The van der Waals surface area contributed by atoms with Gasteiger partial charge in [-0.1, -0.05) is 41.9 Å². The second-order valence-corrected chi connectivity index (χ2v) is 6.23. The summed E-state index contributed by atoms with van der Waals surface area (Å²) >= 11 is 5.97. The molecule has 2 aromatic heterocycles. The summed E-state index contributed by atoms with van der Waals surface area (Å²) in [5.41, 5.74) is 5.31. The minimum Gasteiger partial charge on any atom is -0.463 e. The smallest absolute Gasteiger partial charge is 0.272 e. The van der Waals surface area contributed by atoms with Crippen LogP contribution in [0.4, 0.5) is 0 Å². The molecular weight excluding hydrogens is 362 g/mol. The van der Waals surface area contributed by atoms with E-state index in [4.69, 9.17) is 16.0 Å². The predicted molar refractivity (Wildman–Crippen MR) is 106 cm³/mol. The maximum Gasteiger partial charge on any atom is 0.272 e. The van der Waals surface area contributed by atoms with Gasteiger partial charge in [0, 0.05) is 16.0 Å². The van der Waals surface area contributed by atoms with Gasteiger partial charge in [0.1, 0.15) is 5.76 Å². The Morgan fingerprint density at radius 2 is 1.89 bits per heavy atom. The van der Waals surface area contributed by atoms with Crippen molar-refractivity contribution in [2.24, 2.45) is 5.10 Å². The highest BCUT2D eigenvalue weighted by Gasteiger charge is 2.13. The Hall–Kier alpha value is -3.44. The maximum absolute atomic E-state index is 12.7. The highest BCUT2D eigenvalue weighted by atomic mass is 35.5. The zero-order valence-corrected chi connectivity index (χ0v) is 14.9. The lowest BCUT2D eigenvalue weighted by Crippen LogP contribution is -2.18. The number of para-hydroxylation sites is 1. The van der Waals surface area contributed by atoms with E-state index in [0.29, 0.717) is 22.0 Å². The van der Waals surface area contributed by atoms with Gasteiger partial charge in [0.15, 0.2) is 0 Å². The molecule has 1 amide bonds. The van der Waals surface area contributed by atoms with E-state index in [1.807, 2.05) is 36.4 Å². The largest absolute Gasteiger partial charge is 0.463 e. The van der Waals surface area contributed by atoms with Crippen molar-refractivity contribution >= 4 is 34.6 Å². The van der Waals surface area contributed by atoms with Crippen molar-refractivity contribution in [2.45, 2.75) is 0 Å². The fourth-order valence-electron chi connectivity index (χ4n) is 2.71. The molecule has 0 radical (unpaired) electrons. The summed E-state index contributed by atoms with van der Waals surface area (Å²) in [7, 11) is 0. The molecule has 132 valence electrons. The van der Waals surface area contributed by atoms with Crippen LogP contribution in [-0.4, -0.2) is 17.1 Å². The Kier molecular flexibility index (Phi) is 4.68. The topological polar surface area (TPSA) is 67.5 Å². The van der Waals surface area contributed by atoms with Crippen molar-refractivity contribution in [3.05, 3.63) is 89.3 Å². The number of carbonyl (C=O) groups is 1. The van der Waals surface area contributed by atoms with Gasteiger partial charge in [-0.05, 0) is 36.4 Å². The number of nitrogens with zero attached hydrogens (tertiary/aromatic N) is 2. The second-order valence-electron chi connectivity index (χ2n) is 5.79. The van der Waals surface area contributed by atoms with Crippen LogP contribution in [0.2, 0.25) is 5.02 Å². The molecule has 5 nitrogen and oxygen atoms in total. The van der Waals surface area contributed by atoms with Crippen LogP contribution in [0.15, 0.2) is 82.5 Å². The average molecular weight is 376 g/mol. The molecule has 0 aliphatic carbocycles. The summed E-state index contributed by atoms with van der Waals surface area (Å²) in [4.78, 5) is 17.4. The van der Waals surface area contributed by atoms with E-state index in [1.165, 1.54) is 12.5 Å². The summed E-state index contributed by atoms with van der Waals surface area (Å²) < 4.78 is 5.16. The molecule has 0 fully saturated rings. The maximum atomic E-state index is 12.7. The van der Waals surface area contributed by atoms with Crippen LogP contribution in [-0.2, 0) is 0 Å². The highest BCUT2D eigenvalue weighted by Crippen LogP contribution is 2.26. The molecule has 2 heterocycles. The fraction of sp³-hybridized carbons (Fsp3) is 0. The predicted octanol–water partition coefficient (Wildman–Crippen LogP) is 4.91. The Morgan fingerprint density at radius 3 is 2.67 bits per heavy atom. The summed E-state index contributed by atoms with van der Waals surface area (Å²) in [5, 5.41) is 5.35. The van der Waals surface area contributed by atoms with Gasteiger partial charge in [0.2, 0.25) is 0 Å². The normalized spacial score (nSPS) is 11.1. The first-order chi connectivity index (χ1) is 13.2. The third-order valence-electron chi connectivity index (χ3n) is 4.00. The number of hydrogen-bond acceptors (Lipinski definition) is 4. The Morgan fingerprint density at radius 1 is 1.07 bits per heavy atom. The summed E-state index contributed by atoms with van der Waals surface area (Å²) in [6.07, 6.45) is 2.99. The Labute approximate surface area is 160 Å². The highest BCUT2D eigenvalue weighted by molar-refractivity contribution is 6.30. The molecule has 0 unspecified atom stereocenters. The van der Waals surface area contributed by atoms with Crippen molar-refractivity contribution in [1.29, 1.82) is 0 Å². The van der Waals surface area contributed by atoms with Gasteiger partial charge >= 0.3 is 0 Å². The van der Waals surface area contributed by atoms with E-state index < -0.39 is 0 Å². The van der Waals surface area contributed by atoms with Crippen molar-refractivity contribution in [3.63, 3.8) is 0 Å². The number of fused-ring (bicyclic) bond motifs is 1. The van der Waals surface area contributed by atoms with E-state index in [-0.39, 0.29) is 5.91 Å². The average Bonchev–Trinajstić information content (AvgIpc) is 3.21. The quantitative estimate of drug-likeness (QED) is 0.407. The van der Waals surface area contributed by atoms with Crippen molar-refractivity contribution < 1.29 is 9.21 Å². The first-order valence-corrected chi connectivity index (χ1v) is 8.61. The van der Waals surface area contributed by atoms with Gasteiger partial charge in [-0.25, -0.2) is 10.4 Å². The van der Waals surface area contributed by atoms with E-state index in [9.17, 15) is 4.79 Å². The number of pyridine rings is 1. The molecule has 2 aromatic carbocycles. The third kappa shape index (κ3) is 3.73. The molecule has 0 saturated carbocycles. The van der Waals surface area contributed by atoms with E-state index in [2.05, 4.69) is 15.5 Å². The third-order valence-corrected chi connectivity index (χ3v) is 4.25. The molecule has 0 spiro atoms. The Bertz CT molecular complexity index is 1120. The number of aromatic nitrogens is 1. The van der Waals surface area contributed by atoms with Gasteiger partial charge in [0.25, 0.3) is 5.91 Å². The van der Waals surface area contributed by atoms with Gasteiger partial charge in [-0.3, -0.25) is 4.79 Å². The van der Waals surface area contributed by atoms with Crippen LogP contribution >= 0.6 is 11.6 Å². The molecule has 0 bridgehead atoms. The number of carbonyl (C=O) groups excluding carboxylic acids is 1. The molecule has 4 rings (SSSR count). The monoisotopic (exact) mass is 375 g/mol. The van der Waals surface area contributed by atoms with Gasteiger partial charge in [-0.15, -0.1) is 0 Å². The second kappa shape index (κ2) is 7.43. The number of rotatable bonds is 4. The molecule has 6 heteroatoms. The van der Waals surface area contributed by atoms with Crippen LogP contribution in [0.3, 0.4) is 0 Å². The zero-order valence-electron chi connectivity index (χ0n) is 14.1. The summed E-state index contributed by atoms with van der Waals surface area (Å²) in [5.74, 6) is 0.225. The summed E-state index contributed by atoms with van der Waals surface area (Å²) in [6, 6.07) is 20.1. The number of benzene rings is 2. The van der Waals surface area contributed by atoms with E-state index in [0.717, 1.165) is 16.5 Å². The van der Waals surface area contributed by atoms with Crippen LogP contribution in [0.1, 0.15) is 16.1 Å². The Balaban J connectivity index is 1.71. The molecule has 0 aliphatic rings. The SMILES string of the molecule is O=C(NN=Cc1ccco1)c1cc(-c2ccc(Cl)cc2)nc2ccccc12. The first kappa shape index (κ1) is 17.0. The van der Waals surface area contributed by atoms with Crippen LogP contribution < -0.4 is 5.43 Å². The number of halogens is 1. The van der Waals surface area contributed by atoms with Crippen LogP contribution in [0.5, 0.6) is 0 Å². The van der Waals surface area contributed by atoms with Crippen LogP contribution in [0.25, 0.3) is 22.2 Å². The fourth-order valence-corrected chi connectivity index (χ4v) is 2.84. The molecule has 1 N–H and O–H groups in total. The molecule has 0 atom stereocenters. The number of hydrazone groups is 1. The van der Waals surface area contributed by atoms with E-state index >= 15 is 0 Å². The lowest BCUT2D eigenvalue weighted by molar-refractivity contribution is 0.0956. The lowest BCUT2D eigenvalue weighted by Gasteiger charge is -2.09. The number of furan rings is 1. The number of amides is 1. The number of hydrogen-bond donors (Lipinski definition) is 1. The van der Waals surface area contributed by atoms with Crippen molar-refractivity contribution in [2.75, 3.05) is 0 Å². The number of nitrogens with one attached hydrogen (secondary N) is 1. The van der Waals surface area contributed by atoms with Gasteiger partial charge in [0.05, 0.1) is 29.3 Å². The van der Waals surface area contributed by atoms with E-state index in [1.54, 1.807) is 30.3 Å². The molecule has 0 aliphatic heterocycles. The zero-order chi connectivity index (χ0) is 18.6. The van der Waals surface area contributed by atoms with Gasteiger partial charge < -0.3 is 4.42 Å². The lowest BCUT2D eigenvalue weighted by atomic mass is 10.0. The molecular formula is C21H14ClN3O2. The first-order valence-electron chi connectivity index (χ1n) is 8.23. The van der Waals surface area contributed by atoms with Crippen molar-refractivity contribution in [3.8, 4) is 11.3 Å². The molecule has 4 aromatic rings. The van der Waals surface area contributed by atoms with Crippen molar-refractivity contribution in [1.82, 2.24) is 10.4 Å².